The minimum absolute atomic E-state index is 0.0948. The van der Waals surface area contributed by atoms with Crippen molar-refractivity contribution in [3.63, 3.8) is 0 Å². The molecule has 0 atom stereocenters. The fraction of sp³-hybridized carbons (Fsp3) is 0.300. The summed E-state index contributed by atoms with van der Waals surface area (Å²) in [6.45, 7) is 2.32. The number of alkyl halides is 3. The lowest BCUT2D eigenvalue weighted by Crippen LogP contribution is -2.34. The van der Waals surface area contributed by atoms with Crippen LogP contribution in [0.25, 0.3) is 0 Å². The number of carbonyl (C=O) groups excluding carboxylic acids is 1. The van der Waals surface area contributed by atoms with Crippen LogP contribution >= 0.6 is 0 Å². The van der Waals surface area contributed by atoms with Gasteiger partial charge in [-0.15, -0.1) is 0 Å². The van der Waals surface area contributed by atoms with E-state index in [1.807, 2.05) is 54.6 Å². The number of aliphatic carboxylic acids is 1. The summed E-state index contributed by atoms with van der Waals surface area (Å²) in [4.78, 5) is 27.8. The number of ether oxygens (including phenoxy) is 1. The zero-order valence-corrected chi connectivity index (χ0v) is 24.9. The van der Waals surface area contributed by atoms with Crippen LogP contribution < -0.4 is 10.1 Å². The molecule has 3 aromatic carbocycles. The van der Waals surface area contributed by atoms with Crippen molar-refractivity contribution in [1.82, 2.24) is 14.5 Å². The Morgan fingerprint density at radius 2 is 1.52 bits per heavy atom. The lowest BCUT2D eigenvalue weighted by Gasteiger charge is -2.21. The maximum Gasteiger partial charge on any atom is 0.490 e. The summed E-state index contributed by atoms with van der Waals surface area (Å²) >= 11 is 0. The molecule has 10 nitrogen and oxygen atoms in total. The van der Waals surface area contributed by atoms with Crippen molar-refractivity contribution in [3.05, 3.63) is 90.0 Å². The SMILES string of the molecule is CN(CCc1ccc(C2=NCCN2)cc1)C(=O)CCN(C)S(=O)(=O)c1ccc(Oc2ccccc2)cc1.O=C(O)C(F)(F)F. The molecule has 0 unspecified atom stereocenters. The normalized spacial score (nSPS) is 12.9. The summed E-state index contributed by atoms with van der Waals surface area (Å²) < 4.78 is 64.6. The lowest BCUT2D eigenvalue weighted by atomic mass is 10.1. The van der Waals surface area contributed by atoms with E-state index in [2.05, 4.69) is 10.3 Å². The molecule has 0 spiro atoms. The predicted octanol–water partition coefficient (Wildman–Crippen LogP) is 4.17. The van der Waals surface area contributed by atoms with E-state index in [-0.39, 0.29) is 23.8 Å². The van der Waals surface area contributed by atoms with Crippen LogP contribution in [0.15, 0.2) is 88.8 Å². The van der Waals surface area contributed by atoms with E-state index in [0.717, 1.165) is 30.1 Å². The Kier molecular flexibility index (Phi) is 11.9. The average molecular weight is 635 g/mol. The number of para-hydroxylation sites is 1. The summed E-state index contributed by atoms with van der Waals surface area (Å²) in [6, 6.07) is 23.7. The number of carboxylic acids is 1. The molecule has 236 valence electrons. The number of rotatable bonds is 11. The molecular weight excluding hydrogens is 601 g/mol. The molecule has 0 saturated carbocycles. The van der Waals surface area contributed by atoms with Gasteiger partial charge in [-0.3, -0.25) is 9.79 Å². The van der Waals surface area contributed by atoms with Crippen LogP contribution in [0.4, 0.5) is 13.2 Å². The van der Waals surface area contributed by atoms with Crippen molar-refractivity contribution in [2.75, 3.05) is 40.3 Å². The number of amides is 1. The summed E-state index contributed by atoms with van der Waals surface area (Å²) in [5.74, 6) is -0.717. The van der Waals surface area contributed by atoms with Gasteiger partial charge in [0.2, 0.25) is 15.9 Å². The number of halogens is 3. The number of carbonyl (C=O) groups is 2. The van der Waals surface area contributed by atoms with Crippen LogP contribution in [0.5, 0.6) is 11.5 Å². The number of hydrogen-bond acceptors (Lipinski definition) is 7. The third-order valence-electron chi connectivity index (χ3n) is 6.46. The second-order valence-electron chi connectivity index (χ2n) is 9.69. The van der Waals surface area contributed by atoms with E-state index >= 15 is 0 Å². The van der Waals surface area contributed by atoms with E-state index in [1.165, 1.54) is 23.5 Å². The number of carboxylic acid groups (broad SMARTS) is 1. The molecule has 2 N–H and O–H groups in total. The molecule has 4 rings (SSSR count). The second kappa shape index (κ2) is 15.3. The van der Waals surface area contributed by atoms with Crippen LogP contribution in [0.2, 0.25) is 0 Å². The minimum atomic E-state index is -5.08. The van der Waals surface area contributed by atoms with Gasteiger partial charge in [-0.05, 0) is 48.4 Å². The first kappa shape index (κ1) is 34.1. The van der Waals surface area contributed by atoms with E-state index < -0.39 is 22.2 Å². The Bertz CT molecular complexity index is 1530. The molecule has 44 heavy (non-hydrogen) atoms. The van der Waals surface area contributed by atoms with Gasteiger partial charge in [0.15, 0.2) is 0 Å². The zero-order valence-electron chi connectivity index (χ0n) is 24.1. The highest BCUT2D eigenvalue weighted by Gasteiger charge is 2.38. The van der Waals surface area contributed by atoms with Crippen molar-refractivity contribution in [2.24, 2.45) is 4.99 Å². The van der Waals surface area contributed by atoms with Gasteiger partial charge < -0.3 is 20.1 Å². The Balaban J connectivity index is 0.000000676. The first-order chi connectivity index (χ1) is 20.8. The molecule has 0 radical (unpaired) electrons. The van der Waals surface area contributed by atoms with Gasteiger partial charge in [-0.2, -0.15) is 13.2 Å². The van der Waals surface area contributed by atoms with Crippen LogP contribution in [0.3, 0.4) is 0 Å². The fourth-order valence-corrected chi connectivity index (χ4v) is 5.06. The quantitative estimate of drug-likeness (QED) is 0.324. The van der Waals surface area contributed by atoms with Gasteiger partial charge in [-0.25, -0.2) is 17.5 Å². The van der Waals surface area contributed by atoms with Crippen molar-refractivity contribution >= 4 is 27.7 Å². The number of nitrogens with one attached hydrogen (secondary N) is 1. The van der Waals surface area contributed by atoms with Gasteiger partial charge in [0.25, 0.3) is 0 Å². The zero-order chi connectivity index (χ0) is 32.3. The van der Waals surface area contributed by atoms with Crippen LogP contribution in [0.1, 0.15) is 17.5 Å². The molecule has 1 amide bonds. The Labute approximate surface area is 253 Å². The third-order valence-corrected chi connectivity index (χ3v) is 8.33. The topological polar surface area (TPSA) is 129 Å². The number of sulfonamides is 1. The number of nitrogens with zero attached hydrogens (tertiary/aromatic N) is 3. The summed E-state index contributed by atoms with van der Waals surface area (Å²) in [5.41, 5.74) is 2.19. The molecule has 14 heteroatoms. The number of amidine groups is 1. The van der Waals surface area contributed by atoms with Crippen LogP contribution in [-0.2, 0) is 26.0 Å². The fourth-order valence-electron chi connectivity index (χ4n) is 3.89. The summed E-state index contributed by atoms with van der Waals surface area (Å²) in [5, 5.41) is 10.4. The molecule has 0 aromatic heterocycles. The van der Waals surface area contributed by atoms with Crippen LogP contribution in [-0.4, -0.2) is 86.9 Å². The monoisotopic (exact) mass is 634 g/mol. The number of aliphatic imine (C=N–C) groups is 1. The minimum Gasteiger partial charge on any atom is -0.475 e. The molecular formula is C30H33F3N4O6S. The molecule has 0 aliphatic carbocycles. The van der Waals surface area contributed by atoms with E-state index in [1.54, 1.807) is 24.1 Å². The summed E-state index contributed by atoms with van der Waals surface area (Å²) in [7, 11) is -0.492. The maximum atomic E-state index is 13.0. The first-order valence-corrected chi connectivity index (χ1v) is 14.9. The lowest BCUT2D eigenvalue weighted by molar-refractivity contribution is -0.192. The maximum absolute atomic E-state index is 13.0. The average Bonchev–Trinajstić information content (AvgIpc) is 3.54. The standard InChI is InChI=1S/C28H32N4O4S.C2HF3O2/c1-31(20-16-22-8-10-23(11-9-22)28-29-18-19-30-28)27(33)17-21-32(2)37(34,35)26-14-12-25(13-15-26)36-24-6-4-3-5-7-24;3-2(4,5)1(6)7/h3-15H,16-21H2,1-2H3,(H,29,30);(H,6,7). The van der Waals surface area contributed by atoms with Crippen molar-refractivity contribution < 1.29 is 41.0 Å². The highest BCUT2D eigenvalue weighted by Crippen LogP contribution is 2.24. The molecule has 0 fully saturated rings. The second-order valence-corrected chi connectivity index (χ2v) is 11.7. The highest BCUT2D eigenvalue weighted by molar-refractivity contribution is 7.89. The Morgan fingerprint density at radius 3 is 2.07 bits per heavy atom. The number of benzene rings is 3. The van der Waals surface area contributed by atoms with E-state index in [9.17, 15) is 26.4 Å². The Morgan fingerprint density at radius 1 is 0.932 bits per heavy atom. The third kappa shape index (κ3) is 10.1. The van der Waals surface area contributed by atoms with E-state index in [4.69, 9.17) is 14.6 Å². The summed E-state index contributed by atoms with van der Waals surface area (Å²) in [6.07, 6.45) is -4.26. The van der Waals surface area contributed by atoms with Gasteiger partial charge >= 0.3 is 12.1 Å². The molecule has 1 aliphatic rings. The highest BCUT2D eigenvalue weighted by atomic mass is 32.2. The number of likely N-dealkylation sites (N-methyl/N-ethyl adjacent to an activating group) is 1. The molecule has 0 saturated heterocycles. The van der Waals surface area contributed by atoms with Gasteiger partial charge in [0, 0.05) is 45.7 Å². The van der Waals surface area contributed by atoms with Crippen LogP contribution in [0, 0.1) is 0 Å². The van der Waals surface area contributed by atoms with Gasteiger partial charge in [-0.1, -0.05) is 42.5 Å². The van der Waals surface area contributed by atoms with Gasteiger partial charge in [0.1, 0.15) is 17.3 Å². The molecule has 1 aliphatic heterocycles. The molecule has 3 aromatic rings. The smallest absolute Gasteiger partial charge is 0.475 e. The first-order valence-electron chi connectivity index (χ1n) is 13.5. The largest absolute Gasteiger partial charge is 0.490 e. The van der Waals surface area contributed by atoms with Crippen molar-refractivity contribution in [3.8, 4) is 11.5 Å². The number of hydrogen-bond donors (Lipinski definition) is 2. The molecule has 0 bridgehead atoms. The van der Waals surface area contributed by atoms with Crippen molar-refractivity contribution in [2.45, 2.75) is 23.9 Å². The van der Waals surface area contributed by atoms with Gasteiger partial charge in [0.05, 0.1) is 11.4 Å². The predicted molar refractivity (Wildman–Crippen MR) is 158 cm³/mol. The molecule has 1 heterocycles. The van der Waals surface area contributed by atoms with Crippen molar-refractivity contribution in [1.29, 1.82) is 0 Å². The Hall–Kier alpha value is -4.43. The van der Waals surface area contributed by atoms with E-state index in [0.29, 0.717) is 24.5 Å².